The fourth-order valence-electron chi connectivity index (χ4n) is 7.07. The predicted molar refractivity (Wildman–Crippen MR) is 196 cm³/mol. The number of carbonyl (C=O) groups is 1. The summed E-state index contributed by atoms with van der Waals surface area (Å²) < 4.78 is 4.00. The molecule has 1 N–H and O–H groups in total. The van der Waals surface area contributed by atoms with Crippen molar-refractivity contribution in [3.8, 4) is 0 Å². The number of nitrogens with zero attached hydrogens (tertiary/aromatic N) is 2. The zero-order valence-corrected chi connectivity index (χ0v) is 33.5. The largest absolute Gasteiger partial charge is 0 e. The van der Waals surface area contributed by atoms with Gasteiger partial charge in [-0.25, -0.2) is 0 Å². The molecule has 6 aromatic rings. The van der Waals surface area contributed by atoms with Gasteiger partial charge in [-0.2, -0.15) is 0 Å². The number of ketones is 1. The number of hydrogen-bond donors (Lipinski definition) is 1. The topological polar surface area (TPSA) is 54.6 Å². The smallest absolute Gasteiger partial charge is 0 e. The van der Waals surface area contributed by atoms with Gasteiger partial charge >= 0.3 is 167 Å². The SMILES string of the molecule is CCC(CC)/C(O)=C/C(=O)C(CC)(CC)CC.Cc1[c-]c2c3nccc4c[c]([Ge]([CH3])([CH3])[CH3])cc(c43)n3c4ccccc4c(c1)c23.[Ir]. The second kappa shape index (κ2) is 14.2. The van der Waals surface area contributed by atoms with Crippen LogP contribution in [0.25, 0.3) is 49.0 Å². The molecule has 3 aromatic heterocycles. The molecule has 0 saturated heterocycles. The number of aryl methyl sites for hydroxylation is 1. The normalized spacial score (nSPS) is 12.8. The van der Waals surface area contributed by atoms with Crippen LogP contribution >= 0.6 is 0 Å². The van der Waals surface area contributed by atoms with Crippen molar-refractivity contribution in [1.82, 2.24) is 9.38 Å². The predicted octanol–water partition coefficient (Wildman–Crippen LogP) is 10.7. The molecule has 0 atom stereocenters. The Bertz CT molecular complexity index is 2020. The average molecular weight is 855 g/mol. The molecule has 6 heteroatoms. The first kappa shape index (κ1) is 36.1. The Morgan fingerprint density at radius 1 is 0.957 bits per heavy atom. The minimum atomic E-state index is -2.00. The van der Waals surface area contributed by atoms with Gasteiger partial charge in [0.15, 0.2) is 5.78 Å². The molecule has 3 aromatic carbocycles. The summed E-state index contributed by atoms with van der Waals surface area (Å²) in [6.07, 6.45) is 7.71. The fraction of sp³-hybridized carbons (Fsp3) is 0.400. The van der Waals surface area contributed by atoms with Crippen molar-refractivity contribution >= 4 is 72.4 Å². The average Bonchev–Trinajstić information content (AvgIpc) is 3.35. The van der Waals surface area contributed by atoms with Crippen molar-refractivity contribution in [3.63, 3.8) is 0 Å². The Balaban J connectivity index is 0.000000234. The number of aliphatic hydroxyl groups is 1. The van der Waals surface area contributed by atoms with Gasteiger partial charge in [0.2, 0.25) is 0 Å². The molecule has 0 aliphatic carbocycles. The Kier molecular flexibility index (Phi) is 11.1. The van der Waals surface area contributed by atoms with Crippen LogP contribution in [0.15, 0.2) is 66.6 Å². The zero-order valence-electron chi connectivity index (χ0n) is 29.0. The number of para-hydroxylation sites is 1. The summed E-state index contributed by atoms with van der Waals surface area (Å²) in [5.41, 5.74) is 5.76. The van der Waals surface area contributed by atoms with E-state index >= 15 is 0 Å². The molecule has 0 unspecified atom stereocenters. The molecule has 0 aliphatic rings. The van der Waals surface area contributed by atoms with E-state index in [0.717, 1.165) is 48.6 Å². The molecule has 0 fully saturated rings. The van der Waals surface area contributed by atoms with Gasteiger partial charge in [0.05, 0.1) is 5.76 Å². The van der Waals surface area contributed by atoms with Gasteiger partial charge in [0.25, 0.3) is 0 Å². The minimum absolute atomic E-state index is 0. The minimum Gasteiger partial charge on any atom is 0 e. The molecular formula is C40H49GeIrN2O2-. The van der Waals surface area contributed by atoms with E-state index in [4.69, 9.17) is 4.98 Å². The molecule has 4 nitrogen and oxygen atoms in total. The number of carbonyl (C=O) groups excluding carboxylic acids is 1. The van der Waals surface area contributed by atoms with Crippen molar-refractivity contribution < 1.29 is 30.0 Å². The molecule has 0 spiro atoms. The number of fused-ring (bicyclic) bond motifs is 5. The van der Waals surface area contributed by atoms with Crippen LogP contribution in [0.1, 0.15) is 72.3 Å². The van der Waals surface area contributed by atoms with Crippen molar-refractivity contribution in [2.75, 3.05) is 0 Å². The Morgan fingerprint density at radius 3 is 2.22 bits per heavy atom. The van der Waals surface area contributed by atoms with Crippen molar-refractivity contribution in [2.24, 2.45) is 11.3 Å². The van der Waals surface area contributed by atoms with Crippen molar-refractivity contribution in [2.45, 2.75) is 90.9 Å². The summed E-state index contributed by atoms with van der Waals surface area (Å²) in [6, 6.07) is 21.7. The van der Waals surface area contributed by atoms with Crippen LogP contribution in [0.2, 0.25) is 17.3 Å². The maximum Gasteiger partial charge on any atom is 0 e. The Morgan fingerprint density at radius 2 is 1.61 bits per heavy atom. The van der Waals surface area contributed by atoms with Crippen LogP contribution in [-0.4, -0.2) is 33.5 Å². The van der Waals surface area contributed by atoms with Crippen LogP contribution in [0.3, 0.4) is 0 Å². The van der Waals surface area contributed by atoms with Crippen LogP contribution < -0.4 is 4.40 Å². The maximum atomic E-state index is 12.3. The number of aliphatic hydroxyl groups excluding tert-OH is 1. The number of allylic oxidation sites excluding steroid dienone is 2. The Hall–Kier alpha value is -2.73. The van der Waals surface area contributed by atoms with E-state index in [0.29, 0.717) is 0 Å². The molecule has 6 rings (SSSR count). The fourth-order valence-corrected chi connectivity index (χ4v) is 9.50. The summed E-state index contributed by atoms with van der Waals surface area (Å²) in [4.78, 5) is 17.1. The molecule has 0 saturated carbocycles. The van der Waals surface area contributed by atoms with E-state index < -0.39 is 13.3 Å². The summed E-state index contributed by atoms with van der Waals surface area (Å²) >= 11 is -2.00. The van der Waals surface area contributed by atoms with E-state index in [1.807, 2.05) is 40.8 Å². The second-order valence-corrected chi connectivity index (χ2v) is 24.4. The number of hydrogen-bond acceptors (Lipinski definition) is 3. The van der Waals surface area contributed by atoms with Crippen molar-refractivity contribution in [3.05, 3.63) is 78.2 Å². The summed E-state index contributed by atoms with van der Waals surface area (Å²) in [5, 5.41) is 16.3. The molecule has 46 heavy (non-hydrogen) atoms. The second-order valence-electron chi connectivity index (χ2n) is 13.7. The monoisotopic (exact) mass is 856 g/mol. The summed E-state index contributed by atoms with van der Waals surface area (Å²) in [6.45, 7) is 12.4. The molecule has 3 heterocycles. The molecule has 0 aliphatic heterocycles. The molecule has 245 valence electrons. The van der Waals surface area contributed by atoms with Crippen molar-refractivity contribution in [1.29, 1.82) is 0 Å². The van der Waals surface area contributed by atoms with Gasteiger partial charge < -0.3 is 5.11 Å². The molecule has 0 bridgehead atoms. The van der Waals surface area contributed by atoms with Crippen LogP contribution in [0.4, 0.5) is 0 Å². The maximum absolute atomic E-state index is 12.3. The zero-order chi connectivity index (χ0) is 32.7. The third kappa shape index (κ3) is 6.28. The number of rotatable bonds is 9. The van der Waals surface area contributed by atoms with Gasteiger partial charge in [-0.1, -0.05) is 34.6 Å². The molecular weight excluding hydrogens is 805 g/mol. The van der Waals surface area contributed by atoms with E-state index in [1.165, 1.54) is 48.6 Å². The molecule has 1 radical (unpaired) electrons. The summed E-state index contributed by atoms with van der Waals surface area (Å²) in [5.74, 6) is 7.88. The molecule has 0 amide bonds. The van der Waals surface area contributed by atoms with Gasteiger partial charge in [0.1, 0.15) is 0 Å². The van der Waals surface area contributed by atoms with Crippen LogP contribution in [0, 0.1) is 24.3 Å². The number of pyridine rings is 2. The quantitative estimate of drug-likeness (QED) is 0.0394. The first-order chi connectivity index (χ1) is 21.4. The van der Waals surface area contributed by atoms with E-state index in [1.54, 1.807) is 0 Å². The Labute approximate surface area is 290 Å². The van der Waals surface area contributed by atoms with Gasteiger partial charge in [-0.05, 0) is 32.1 Å². The van der Waals surface area contributed by atoms with E-state index in [2.05, 4.69) is 83.2 Å². The number of aromatic nitrogens is 2. The standard InChI is InChI=1S/C25H21GeN2.C15H28O2.Ir/c1-15-11-19-18-7-5-6-8-21(18)28-22-14-17(26(2,3)4)13-16-9-10-27-24(23(16)22)20(12-15)25(19)28;1-6-12(7-2)13(16)11-14(17)15(8-3,9-4)10-5;/h5-11,13-14H,1-4H3;11-12,16H,6-10H2,1-5H3;/q-1;;/b;13-11-;. The summed E-state index contributed by atoms with van der Waals surface area (Å²) in [7, 11) is 0. The van der Waals surface area contributed by atoms with Gasteiger partial charge in [0, 0.05) is 37.5 Å². The van der Waals surface area contributed by atoms with Crippen LogP contribution in [-0.2, 0) is 24.9 Å². The van der Waals surface area contributed by atoms with Crippen LogP contribution in [0.5, 0.6) is 0 Å². The van der Waals surface area contributed by atoms with Gasteiger partial charge in [-0.15, -0.1) is 0 Å². The van der Waals surface area contributed by atoms with E-state index in [9.17, 15) is 9.90 Å². The number of benzene rings is 3. The van der Waals surface area contributed by atoms with E-state index in [-0.39, 0.29) is 43.0 Å². The van der Waals surface area contributed by atoms with Gasteiger partial charge in [-0.3, -0.25) is 4.79 Å². The first-order valence-corrected chi connectivity index (χ1v) is 24.1. The third-order valence-corrected chi connectivity index (χ3v) is 14.5. The first-order valence-electron chi connectivity index (χ1n) is 16.8. The third-order valence-electron chi connectivity index (χ3n) is 10.3.